The second-order valence-corrected chi connectivity index (χ2v) is 12.5. The van der Waals surface area contributed by atoms with Crippen LogP contribution in [0.3, 0.4) is 0 Å². The number of anilines is 2. The van der Waals surface area contributed by atoms with E-state index in [1.807, 2.05) is 57.3 Å². The van der Waals surface area contributed by atoms with E-state index < -0.39 is 0 Å². The van der Waals surface area contributed by atoms with Crippen LogP contribution in [0.25, 0.3) is 27.7 Å². The van der Waals surface area contributed by atoms with E-state index in [0.717, 1.165) is 30.7 Å². The molecule has 13 heteroatoms. The molecule has 3 aromatic heterocycles. The zero-order chi connectivity index (χ0) is 32.7. The Morgan fingerprint density at radius 3 is 2.43 bits per heavy atom. The molecule has 5 heterocycles. The number of aryl methyl sites for hydroxylation is 1. The predicted octanol–water partition coefficient (Wildman–Crippen LogP) is 2.78. The average Bonchev–Trinajstić information content (AvgIpc) is 3.70. The van der Waals surface area contributed by atoms with E-state index in [1.165, 1.54) is 12.8 Å². The largest absolute Gasteiger partial charge is 0.376 e. The van der Waals surface area contributed by atoms with Crippen LogP contribution in [0.15, 0.2) is 65.5 Å². The van der Waals surface area contributed by atoms with Gasteiger partial charge in [-0.2, -0.15) is 0 Å². The van der Waals surface area contributed by atoms with Gasteiger partial charge in [0.15, 0.2) is 10.8 Å². The molecule has 0 saturated carbocycles. The summed E-state index contributed by atoms with van der Waals surface area (Å²) in [5.41, 5.74) is 9.34. The lowest BCUT2D eigenvalue weighted by atomic mass is 10.1. The minimum atomic E-state index is -0.378. The van der Waals surface area contributed by atoms with Crippen molar-refractivity contribution in [2.24, 2.45) is 12.8 Å². The maximum absolute atomic E-state index is 14.0. The number of likely N-dealkylation sites (tertiary alicyclic amines) is 1. The first-order valence-corrected chi connectivity index (χ1v) is 16.3. The number of nitrogens with zero attached hydrogens (tertiary/aromatic N) is 6. The van der Waals surface area contributed by atoms with Crippen molar-refractivity contribution < 1.29 is 9.59 Å². The number of para-hydroxylation sites is 2. The van der Waals surface area contributed by atoms with Crippen LogP contribution in [0.1, 0.15) is 33.6 Å². The zero-order valence-electron chi connectivity index (χ0n) is 26.2. The molecule has 2 aliphatic heterocycles. The van der Waals surface area contributed by atoms with E-state index in [0.29, 0.717) is 66.5 Å². The molecule has 2 amide bonds. The highest BCUT2D eigenvalue weighted by atomic mass is 32.1. The highest BCUT2D eigenvalue weighted by Gasteiger charge is 2.27. The number of carbonyl (C=O) groups excluding carboxylic acids is 2. The third kappa shape index (κ3) is 5.76. The van der Waals surface area contributed by atoms with E-state index in [-0.39, 0.29) is 27.9 Å². The fourth-order valence-electron chi connectivity index (χ4n) is 6.83. The Hall–Kier alpha value is -5.01. The van der Waals surface area contributed by atoms with Crippen molar-refractivity contribution in [1.82, 2.24) is 29.1 Å². The number of imidazole rings is 1. The molecule has 0 unspecified atom stereocenters. The number of benzene rings is 2. The monoisotopic (exact) mass is 651 g/mol. The van der Waals surface area contributed by atoms with Crippen LogP contribution in [0, 0.1) is 0 Å². The summed E-state index contributed by atoms with van der Waals surface area (Å²) < 4.78 is 3.83. The lowest BCUT2D eigenvalue weighted by molar-refractivity contribution is 0.0746. The quantitative estimate of drug-likeness (QED) is 0.227. The lowest BCUT2D eigenvalue weighted by Crippen LogP contribution is -2.49. The van der Waals surface area contributed by atoms with Crippen molar-refractivity contribution in [3.63, 3.8) is 0 Å². The number of hydrogen-bond donors (Lipinski definition) is 3. The number of hydrogen-bond acceptors (Lipinski definition) is 7. The van der Waals surface area contributed by atoms with E-state index >= 15 is 0 Å². The number of aromatic nitrogens is 3. The van der Waals surface area contributed by atoms with E-state index in [9.17, 15) is 14.4 Å². The number of nitrogens with two attached hydrogens (primary N) is 1. The molecule has 2 aromatic carbocycles. The van der Waals surface area contributed by atoms with Gasteiger partial charge in [-0.1, -0.05) is 18.2 Å². The number of thiocarbonyl (C=S) groups is 1. The Labute approximate surface area is 276 Å². The molecule has 0 aliphatic carbocycles. The fourth-order valence-corrected chi connectivity index (χ4v) is 6.95. The van der Waals surface area contributed by atoms with Gasteiger partial charge in [0.2, 0.25) is 5.43 Å². The van der Waals surface area contributed by atoms with Gasteiger partial charge >= 0.3 is 0 Å². The van der Waals surface area contributed by atoms with Gasteiger partial charge in [0.05, 0.1) is 16.4 Å². The Kier molecular flexibility index (Phi) is 8.24. The number of nitrogens with one attached hydrogen (secondary N) is 2. The van der Waals surface area contributed by atoms with E-state index in [4.69, 9.17) is 22.9 Å². The van der Waals surface area contributed by atoms with Crippen molar-refractivity contribution in [1.29, 1.82) is 0 Å². The highest BCUT2D eigenvalue weighted by molar-refractivity contribution is 7.80. The normalized spacial score (nSPS) is 15.5. The summed E-state index contributed by atoms with van der Waals surface area (Å²) in [4.78, 5) is 52.3. The number of piperazine rings is 1. The maximum atomic E-state index is 14.0. The Morgan fingerprint density at radius 2 is 1.68 bits per heavy atom. The Balaban J connectivity index is 1.19. The maximum Gasteiger partial charge on any atom is 0.259 e. The molecule has 0 bridgehead atoms. The van der Waals surface area contributed by atoms with Crippen molar-refractivity contribution in [2.75, 3.05) is 62.6 Å². The van der Waals surface area contributed by atoms with Gasteiger partial charge < -0.3 is 35.6 Å². The van der Waals surface area contributed by atoms with Crippen LogP contribution in [-0.4, -0.2) is 93.0 Å². The van der Waals surface area contributed by atoms with Gasteiger partial charge in [-0.05, 0) is 80.6 Å². The fraction of sp³-hybridized carbons (Fsp3) is 0.324. The van der Waals surface area contributed by atoms with Crippen molar-refractivity contribution in [2.45, 2.75) is 12.8 Å². The first-order valence-electron chi connectivity index (χ1n) is 15.9. The first-order chi connectivity index (χ1) is 22.8. The van der Waals surface area contributed by atoms with Gasteiger partial charge in [-0.15, -0.1) is 0 Å². The first kappa shape index (κ1) is 30.6. The van der Waals surface area contributed by atoms with Crippen molar-refractivity contribution >= 4 is 68.4 Å². The van der Waals surface area contributed by atoms with Crippen LogP contribution in [0.2, 0.25) is 0 Å². The Morgan fingerprint density at radius 1 is 0.936 bits per heavy atom. The summed E-state index contributed by atoms with van der Waals surface area (Å²) in [6, 6.07) is 18.6. The summed E-state index contributed by atoms with van der Waals surface area (Å²) in [6.45, 7) is 5.46. The zero-order valence-corrected chi connectivity index (χ0v) is 27.1. The van der Waals surface area contributed by atoms with Gasteiger partial charge in [-0.3, -0.25) is 18.8 Å². The standard InChI is InChI=1S/C34H37N9O3S/c1-39-25-9-2-3-10-26(25)43-30-24(29(44)28(32(39)43)31(45)36-13-16-40-14-4-5-15-40)11-12-27(38-30)41-17-19-42(20-18-41)33(46)22-7-6-8-23(21-22)37-34(35)47/h2-3,6-12,21H,4-5,13-20H2,1H3,(H,36,45)(H3,35,37,47). The third-order valence-corrected chi connectivity index (χ3v) is 9.29. The average molecular weight is 652 g/mol. The van der Waals surface area contributed by atoms with Gasteiger partial charge in [0.1, 0.15) is 17.0 Å². The molecule has 4 N–H and O–H groups in total. The minimum absolute atomic E-state index is 0.0713. The predicted molar refractivity (Wildman–Crippen MR) is 188 cm³/mol. The summed E-state index contributed by atoms with van der Waals surface area (Å²) in [7, 11) is 1.88. The molecule has 0 atom stereocenters. The molecule has 5 aromatic rings. The topological polar surface area (TPSA) is 133 Å². The van der Waals surface area contributed by atoms with Crippen LogP contribution in [0.5, 0.6) is 0 Å². The second kappa shape index (κ2) is 12.6. The Bertz CT molecular complexity index is 2090. The smallest absolute Gasteiger partial charge is 0.259 e. The van der Waals surface area contributed by atoms with Gasteiger partial charge in [0, 0.05) is 57.6 Å². The molecule has 2 aliphatic rings. The summed E-state index contributed by atoms with van der Waals surface area (Å²) >= 11 is 4.93. The molecule has 0 radical (unpaired) electrons. The molecule has 12 nitrogen and oxygen atoms in total. The van der Waals surface area contributed by atoms with Crippen molar-refractivity contribution in [3.8, 4) is 0 Å². The number of rotatable bonds is 7. The SMILES string of the molecule is Cn1c2ccccc2n2c3nc(N4CCN(C(=O)c5cccc(NC(N)=S)c5)CC4)ccc3c(=O)c(C(=O)NCCN3CCCC3)c12. The van der Waals surface area contributed by atoms with Crippen molar-refractivity contribution in [3.05, 3.63) is 82.0 Å². The van der Waals surface area contributed by atoms with Crippen LogP contribution in [-0.2, 0) is 7.05 Å². The molecule has 2 saturated heterocycles. The summed E-state index contributed by atoms with van der Waals surface area (Å²) in [5, 5.41) is 6.41. The van der Waals surface area contributed by atoms with Gasteiger partial charge in [0.25, 0.3) is 11.8 Å². The minimum Gasteiger partial charge on any atom is -0.376 e. The van der Waals surface area contributed by atoms with E-state index in [2.05, 4.69) is 20.4 Å². The highest BCUT2D eigenvalue weighted by Crippen LogP contribution is 2.27. The number of carbonyl (C=O) groups is 2. The van der Waals surface area contributed by atoms with Gasteiger partial charge in [-0.25, -0.2) is 4.98 Å². The molecular weight excluding hydrogens is 615 g/mol. The molecule has 0 spiro atoms. The van der Waals surface area contributed by atoms with Crippen LogP contribution >= 0.6 is 12.2 Å². The summed E-state index contributed by atoms with van der Waals surface area (Å²) in [5.74, 6) is 0.255. The van der Waals surface area contributed by atoms with Crippen LogP contribution < -0.4 is 26.7 Å². The molecule has 7 rings (SSSR count). The third-order valence-electron chi connectivity index (χ3n) is 9.19. The molecule has 242 valence electrons. The second-order valence-electron chi connectivity index (χ2n) is 12.1. The summed E-state index contributed by atoms with van der Waals surface area (Å²) in [6.07, 6.45) is 2.36. The van der Waals surface area contributed by atoms with E-state index in [1.54, 1.807) is 24.3 Å². The number of pyridine rings is 2. The molecule has 47 heavy (non-hydrogen) atoms. The lowest BCUT2D eigenvalue weighted by Gasteiger charge is -2.35. The molecular formula is C34H37N9O3S. The number of fused-ring (bicyclic) bond motifs is 5. The number of amides is 2. The molecule has 2 fully saturated rings. The van der Waals surface area contributed by atoms with Crippen LogP contribution in [0.4, 0.5) is 11.5 Å².